The summed E-state index contributed by atoms with van der Waals surface area (Å²) in [6.45, 7) is 0. The molecule has 11 heteroatoms. The summed E-state index contributed by atoms with van der Waals surface area (Å²) >= 11 is 5.84. The third-order valence-corrected chi connectivity index (χ3v) is 5.47. The van der Waals surface area contributed by atoms with Gasteiger partial charge in [0, 0.05) is 28.5 Å². The number of nitrogens with one attached hydrogen (secondary N) is 1. The summed E-state index contributed by atoms with van der Waals surface area (Å²) in [7, 11) is -3.61. The van der Waals surface area contributed by atoms with Crippen molar-refractivity contribution in [3.05, 3.63) is 71.6 Å². The van der Waals surface area contributed by atoms with Crippen LogP contribution >= 0.6 is 24.0 Å². The summed E-state index contributed by atoms with van der Waals surface area (Å²) in [4.78, 5) is 8.21. The number of nitrogen functional groups attached to an aromatic ring is 1. The smallest absolute Gasteiger partial charge is 0.240 e. The van der Waals surface area contributed by atoms with Gasteiger partial charge in [-0.15, -0.1) is 17.5 Å². The molecule has 3 N–H and O–H groups in total. The van der Waals surface area contributed by atoms with Crippen LogP contribution < -0.4 is 10.5 Å². The van der Waals surface area contributed by atoms with E-state index in [4.69, 9.17) is 17.3 Å². The number of nitrogens with zero attached hydrogens (tertiary/aromatic N) is 4. The first-order chi connectivity index (χ1) is 13.4. The van der Waals surface area contributed by atoms with Gasteiger partial charge >= 0.3 is 0 Å². The number of hydrogen-bond donors (Lipinski definition) is 2. The van der Waals surface area contributed by atoms with E-state index in [0.29, 0.717) is 21.9 Å². The fourth-order valence-corrected chi connectivity index (χ4v) is 4.04. The van der Waals surface area contributed by atoms with E-state index in [0.717, 1.165) is 11.1 Å². The Hall–Kier alpha value is -2.88. The van der Waals surface area contributed by atoms with Crippen molar-refractivity contribution in [2.45, 2.75) is 5.75 Å². The summed E-state index contributed by atoms with van der Waals surface area (Å²) in [5.74, 6) is 0.0115. The summed E-state index contributed by atoms with van der Waals surface area (Å²) in [5, 5.41) is 4.63. The Balaban J connectivity index is 0.00000240. The van der Waals surface area contributed by atoms with Crippen LogP contribution in [0.3, 0.4) is 0 Å². The van der Waals surface area contributed by atoms with E-state index in [-0.39, 0.29) is 24.1 Å². The molecule has 1 aromatic carbocycles. The fourth-order valence-electron chi connectivity index (χ4n) is 2.74. The first-order valence-corrected chi connectivity index (χ1v) is 10.2. The van der Waals surface area contributed by atoms with Crippen LogP contribution in [0.1, 0.15) is 5.56 Å². The molecule has 0 bridgehead atoms. The van der Waals surface area contributed by atoms with Crippen LogP contribution in [0.4, 0.5) is 11.6 Å². The monoisotopic (exact) mass is 450 g/mol. The lowest BCUT2D eigenvalue weighted by atomic mass is 10.1. The minimum Gasteiger partial charge on any atom is -0.366 e. The van der Waals surface area contributed by atoms with Gasteiger partial charge < -0.3 is 5.73 Å². The molecule has 0 radical (unpaired) electrons. The Kier molecular flexibility index (Phi) is 5.92. The molecule has 8 nitrogen and oxygen atoms in total. The van der Waals surface area contributed by atoms with Crippen molar-refractivity contribution in [1.82, 2.24) is 19.6 Å². The second-order valence-electron chi connectivity index (χ2n) is 6.14. The minimum atomic E-state index is -3.61. The first-order valence-electron chi connectivity index (χ1n) is 8.20. The number of benzene rings is 1. The van der Waals surface area contributed by atoms with Crippen LogP contribution in [0.15, 0.2) is 61.1 Å². The molecule has 3 aromatic heterocycles. The molecule has 0 saturated heterocycles. The summed E-state index contributed by atoms with van der Waals surface area (Å²) in [5.41, 5.74) is 8.74. The van der Waals surface area contributed by atoms with Gasteiger partial charge in [0.25, 0.3) is 0 Å². The maximum Gasteiger partial charge on any atom is 0.240 e. The standard InChI is InChI=1S/C18H15ClN6O2S.ClH/c19-15-4-1-12(2-5-15)11-28(26,27)24-16-7-14(8-21-9-16)13-3-6-17-22-18(20)23-25(17)10-13;/h1-10,24H,11H2,(H2,20,23);1H. The Bertz CT molecular complexity index is 1260. The van der Waals surface area contributed by atoms with E-state index in [1.807, 2.05) is 6.07 Å². The van der Waals surface area contributed by atoms with E-state index in [1.54, 1.807) is 53.3 Å². The van der Waals surface area contributed by atoms with Crippen molar-refractivity contribution in [1.29, 1.82) is 0 Å². The summed E-state index contributed by atoms with van der Waals surface area (Å²) < 4.78 is 29.1. The van der Waals surface area contributed by atoms with Gasteiger partial charge in [-0.05, 0) is 35.9 Å². The van der Waals surface area contributed by atoms with E-state index < -0.39 is 10.0 Å². The van der Waals surface area contributed by atoms with Crippen LogP contribution in [0.2, 0.25) is 5.02 Å². The minimum absolute atomic E-state index is 0. The van der Waals surface area contributed by atoms with Crippen molar-refractivity contribution in [3.63, 3.8) is 0 Å². The van der Waals surface area contributed by atoms with Crippen molar-refractivity contribution in [2.75, 3.05) is 10.5 Å². The number of anilines is 2. The summed E-state index contributed by atoms with van der Waals surface area (Å²) in [6, 6.07) is 12.0. The molecule has 0 spiro atoms. The highest BCUT2D eigenvalue weighted by atomic mass is 35.5. The predicted molar refractivity (Wildman–Crippen MR) is 116 cm³/mol. The molecule has 0 aliphatic rings. The molecule has 0 atom stereocenters. The largest absolute Gasteiger partial charge is 0.366 e. The Morgan fingerprint density at radius 2 is 1.83 bits per heavy atom. The number of nitrogens with two attached hydrogens (primary N) is 1. The van der Waals surface area contributed by atoms with Gasteiger partial charge in [0.15, 0.2) is 5.65 Å². The number of halogens is 2. The number of rotatable bonds is 5. The second-order valence-corrected chi connectivity index (χ2v) is 8.30. The van der Waals surface area contributed by atoms with Crippen LogP contribution in [-0.2, 0) is 15.8 Å². The van der Waals surface area contributed by atoms with Crippen molar-refractivity contribution in [3.8, 4) is 11.1 Å². The molecular formula is C18H16Cl2N6O2S. The summed E-state index contributed by atoms with van der Waals surface area (Å²) in [6.07, 6.45) is 4.84. The molecule has 0 saturated carbocycles. The van der Waals surface area contributed by atoms with Gasteiger partial charge in [-0.2, -0.15) is 4.98 Å². The highest BCUT2D eigenvalue weighted by Gasteiger charge is 2.13. The van der Waals surface area contributed by atoms with Crippen LogP contribution in [0, 0.1) is 0 Å². The number of aromatic nitrogens is 4. The zero-order chi connectivity index (χ0) is 19.7. The molecule has 0 fully saturated rings. The highest BCUT2D eigenvalue weighted by Crippen LogP contribution is 2.23. The highest BCUT2D eigenvalue weighted by molar-refractivity contribution is 7.91. The molecule has 4 aromatic rings. The Morgan fingerprint density at radius 3 is 2.59 bits per heavy atom. The zero-order valence-corrected chi connectivity index (χ0v) is 17.2. The average molecular weight is 451 g/mol. The average Bonchev–Trinajstić information content (AvgIpc) is 3.02. The molecule has 150 valence electrons. The van der Waals surface area contributed by atoms with Crippen molar-refractivity contribution < 1.29 is 8.42 Å². The Morgan fingerprint density at radius 1 is 1.07 bits per heavy atom. The Labute approximate surface area is 178 Å². The van der Waals surface area contributed by atoms with Crippen LogP contribution in [-0.4, -0.2) is 28.0 Å². The normalized spacial score (nSPS) is 11.2. The first kappa shape index (κ1) is 20.8. The third-order valence-electron chi connectivity index (χ3n) is 3.96. The molecule has 4 rings (SSSR count). The van der Waals surface area contributed by atoms with E-state index in [2.05, 4.69) is 19.8 Å². The van der Waals surface area contributed by atoms with E-state index in [9.17, 15) is 8.42 Å². The lowest BCUT2D eigenvalue weighted by molar-refractivity contribution is 0.600. The third kappa shape index (κ3) is 4.94. The SMILES string of the molecule is Cl.Nc1nc2ccc(-c3cncc(NS(=O)(=O)Cc4ccc(Cl)cc4)c3)cn2n1. The van der Waals surface area contributed by atoms with Crippen molar-refractivity contribution in [2.24, 2.45) is 0 Å². The lowest BCUT2D eigenvalue weighted by Crippen LogP contribution is -2.15. The van der Waals surface area contributed by atoms with Gasteiger partial charge in [-0.25, -0.2) is 12.9 Å². The molecule has 0 unspecified atom stereocenters. The molecule has 0 amide bonds. The van der Waals surface area contributed by atoms with E-state index >= 15 is 0 Å². The second kappa shape index (κ2) is 8.24. The van der Waals surface area contributed by atoms with E-state index in [1.165, 1.54) is 6.20 Å². The van der Waals surface area contributed by atoms with Gasteiger partial charge in [-0.1, -0.05) is 23.7 Å². The maximum absolute atomic E-state index is 12.5. The van der Waals surface area contributed by atoms with Gasteiger partial charge in [0.1, 0.15) is 0 Å². The molecule has 3 heterocycles. The number of hydrogen-bond acceptors (Lipinski definition) is 6. The van der Waals surface area contributed by atoms with Gasteiger partial charge in [-0.3, -0.25) is 9.71 Å². The lowest BCUT2D eigenvalue weighted by Gasteiger charge is -2.09. The molecule has 29 heavy (non-hydrogen) atoms. The fraction of sp³-hybridized carbons (Fsp3) is 0.0556. The van der Waals surface area contributed by atoms with Crippen molar-refractivity contribution >= 4 is 51.3 Å². The molecule has 0 aliphatic heterocycles. The molecular weight excluding hydrogens is 435 g/mol. The van der Waals surface area contributed by atoms with Crippen LogP contribution in [0.25, 0.3) is 16.8 Å². The molecule has 0 aliphatic carbocycles. The van der Waals surface area contributed by atoms with Gasteiger partial charge in [0.05, 0.1) is 17.6 Å². The topological polar surface area (TPSA) is 115 Å². The number of fused-ring (bicyclic) bond motifs is 1. The number of sulfonamides is 1. The van der Waals surface area contributed by atoms with Gasteiger partial charge in [0.2, 0.25) is 16.0 Å². The quantitative estimate of drug-likeness (QED) is 0.481. The number of pyridine rings is 2. The maximum atomic E-state index is 12.5. The zero-order valence-electron chi connectivity index (χ0n) is 14.9. The predicted octanol–water partition coefficient (Wildman–Crippen LogP) is 3.39. The van der Waals surface area contributed by atoms with Crippen LogP contribution in [0.5, 0.6) is 0 Å².